The Bertz CT molecular complexity index is 504. The fraction of sp³-hybridized carbons (Fsp3) is 0.500. The Morgan fingerprint density at radius 2 is 1.76 bits per heavy atom. The standard InChI is InChI=1S/C16H25N3O2/c1-11(2)15(21)18-13-8-6-7-12(9-13)17-10-14(20)19-16(3,4)5/h6-9,11,17H,10H2,1-5H3,(H,18,21)(H,19,20). The quantitative estimate of drug-likeness (QED) is 0.781. The predicted molar refractivity (Wildman–Crippen MR) is 86.3 cm³/mol. The maximum absolute atomic E-state index is 11.7. The minimum absolute atomic E-state index is 0.0300. The molecule has 0 radical (unpaired) electrons. The van der Waals surface area contributed by atoms with Gasteiger partial charge < -0.3 is 16.0 Å². The zero-order valence-corrected chi connectivity index (χ0v) is 13.4. The molecule has 1 aromatic rings. The zero-order valence-electron chi connectivity index (χ0n) is 13.4. The number of hydrogen-bond donors (Lipinski definition) is 3. The number of benzene rings is 1. The Hall–Kier alpha value is -2.04. The van der Waals surface area contributed by atoms with Gasteiger partial charge in [-0.25, -0.2) is 0 Å². The molecule has 0 saturated heterocycles. The van der Waals surface area contributed by atoms with Gasteiger partial charge in [-0.3, -0.25) is 9.59 Å². The summed E-state index contributed by atoms with van der Waals surface area (Å²) in [5.74, 6) is -0.170. The highest BCUT2D eigenvalue weighted by Crippen LogP contribution is 2.15. The fourth-order valence-corrected chi connectivity index (χ4v) is 1.64. The second kappa shape index (κ2) is 7.11. The lowest BCUT2D eigenvalue weighted by Crippen LogP contribution is -2.43. The van der Waals surface area contributed by atoms with Gasteiger partial charge in [0.25, 0.3) is 0 Å². The van der Waals surface area contributed by atoms with Crippen molar-refractivity contribution in [2.75, 3.05) is 17.2 Å². The zero-order chi connectivity index (χ0) is 16.0. The first-order chi connectivity index (χ1) is 9.67. The SMILES string of the molecule is CC(C)C(=O)Nc1cccc(NCC(=O)NC(C)(C)C)c1. The molecule has 0 aliphatic heterocycles. The van der Waals surface area contributed by atoms with E-state index in [9.17, 15) is 9.59 Å². The van der Waals surface area contributed by atoms with Crippen molar-refractivity contribution in [1.82, 2.24) is 5.32 Å². The largest absolute Gasteiger partial charge is 0.376 e. The highest BCUT2D eigenvalue weighted by atomic mass is 16.2. The molecule has 3 N–H and O–H groups in total. The maximum atomic E-state index is 11.7. The second-order valence-corrected chi connectivity index (χ2v) is 6.38. The Balaban J connectivity index is 2.57. The number of anilines is 2. The third kappa shape index (κ3) is 6.79. The number of nitrogens with one attached hydrogen (secondary N) is 3. The molecule has 2 amide bonds. The summed E-state index contributed by atoms with van der Waals surface area (Å²) in [6, 6.07) is 7.32. The lowest BCUT2D eigenvalue weighted by Gasteiger charge is -2.20. The molecule has 21 heavy (non-hydrogen) atoms. The molecule has 0 fully saturated rings. The smallest absolute Gasteiger partial charge is 0.239 e. The molecule has 0 unspecified atom stereocenters. The molecular formula is C16H25N3O2. The van der Waals surface area contributed by atoms with Gasteiger partial charge in [0.15, 0.2) is 0 Å². The van der Waals surface area contributed by atoms with E-state index >= 15 is 0 Å². The Morgan fingerprint density at radius 3 is 2.33 bits per heavy atom. The summed E-state index contributed by atoms with van der Waals surface area (Å²) in [5, 5.41) is 8.75. The van der Waals surface area contributed by atoms with Gasteiger partial charge in [-0.1, -0.05) is 19.9 Å². The van der Waals surface area contributed by atoms with E-state index in [4.69, 9.17) is 0 Å². The predicted octanol–water partition coefficient (Wildman–Crippen LogP) is 2.61. The van der Waals surface area contributed by atoms with Gasteiger partial charge in [0.2, 0.25) is 11.8 Å². The fourth-order valence-electron chi connectivity index (χ4n) is 1.64. The van der Waals surface area contributed by atoms with Gasteiger partial charge in [-0.05, 0) is 39.0 Å². The Morgan fingerprint density at radius 1 is 1.14 bits per heavy atom. The third-order valence-electron chi connectivity index (χ3n) is 2.62. The number of rotatable bonds is 5. The van der Waals surface area contributed by atoms with Crippen molar-refractivity contribution in [1.29, 1.82) is 0 Å². The summed E-state index contributed by atoms with van der Waals surface area (Å²) < 4.78 is 0. The first-order valence-electron chi connectivity index (χ1n) is 7.13. The van der Waals surface area contributed by atoms with Crippen LogP contribution in [0.3, 0.4) is 0 Å². The summed E-state index contributed by atoms with van der Waals surface area (Å²) in [6.45, 7) is 9.69. The van der Waals surface area contributed by atoms with E-state index < -0.39 is 0 Å². The average Bonchev–Trinajstić information content (AvgIpc) is 2.34. The molecule has 0 heterocycles. The normalized spacial score (nSPS) is 11.1. The summed E-state index contributed by atoms with van der Waals surface area (Å²) in [4.78, 5) is 23.4. The van der Waals surface area contributed by atoms with Crippen molar-refractivity contribution in [3.8, 4) is 0 Å². The summed E-state index contributed by atoms with van der Waals surface area (Å²) in [7, 11) is 0. The molecule has 5 nitrogen and oxygen atoms in total. The average molecular weight is 291 g/mol. The molecule has 0 atom stereocenters. The first-order valence-corrected chi connectivity index (χ1v) is 7.13. The van der Waals surface area contributed by atoms with Crippen molar-refractivity contribution < 1.29 is 9.59 Å². The van der Waals surface area contributed by atoms with Crippen LogP contribution >= 0.6 is 0 Å². The van der Waals surface area contributed by atoms with E-state index in [1.54, 1.807) is 0 Å². The number of carbonyl (C=O) groups excluding carboxylic acids is 2. The number of hydrogen-bond acceptors (Lipinski definition) is 3. The molecule has 5 heteroatoms. The van der Waals surface area contributed by atoms with E-state index in [0.29, 0.717) is 0 Å². The van der Waals surface area contributed by atoms with Crippen LogP contribution in [0.5, 0.6) is 0 Å². The van der Waals surface area contributed by atoms with Crippen LogP contribution in [0.25, 0.3) is 0 Å². The van der Waals surface area contributed by atoms with Crippen LogP contribution in [0.15, 0.2) is 24.3 Å². The van der Waals surface area contributed by atoms with Crippen LogP contribution in [0.4, 0.5) is 11.4 Å². The van der Waals surface area contributed by atoms with E-state index in [1.165, 1.54) is 0 Å². The molecule has 0 spiro atoms. The molecule has 1 rings (SSSR count). The van der Waals surface area contributed by atoms with Crippen LogP contribution in [-0.4, -0.2) is 23.9 Å². The van der Waals surface area contributed by atoms with Gasteiger partial charge in [-0.15, -0.1) is 0 Å². The van der Waals surface area contributed by atoms with E-state index in [-0.39, 0.29) is 29.8 Å². The minimum atomic E-state index is -0.244. The molecule has 0 saturated carbocycles. The van der Waals surface area contributed by atoms with Crippen LogP contribution in [-0.2, 0) is 9.59 Å². The van der Waals surface area contributed by atoms with Crippen LogP contribution in [0.1, 0.15) is 34.6 Å². The van der Waals surface area contributed by atoms with Crippen molar-refractivity contribution in [3.63, 3.8) is 0 Å². The monoisotopic (exact) mass is 291 g/mol. The molecule has 116 valence electrons. The number of amides is 2. The maximum Gasteiger partial charge on any atom is 0.239 e. The minimum Gasteiger partial charge on any atom is -0.376 e. The van der Waals surface area contributed by atoms with Crippen LogP contribution in [0.2, 0.25) is 0 Å². The van der Waals surface area contributed by atoms with Crippen LogP contribution < -0.4 is 16.0 Å². The number of carbonyl (C=O) groups is 2. The topological polar surface area (TPSA) is 70.2 Å². The van der Waals surface area contributed by atoms with Gasteiger partial charge in [0, 0.05) is 22.8 Å². The van der Waals surface area contributed by atoms with Crippen molar-refractivity contribution in [3.05, 3.63) is 24.3 Å². The Kier molecular flexibility index (Phi) is 5.76. The third-order valence-corrected chi connectivity index (χ3v) is 2.62. The molecular weight excluding hydrogens is 266 g/mol. The van der Waals surface area contributed by atoms with Crippen molar-refractivity contribution in [2.45, 2.75) is 40.2 Å². The Labute approximate surface area is 126 Å². The van der Waals surface area contributed by atoms with Gasteiger partial charge in [0.05, 0.1) is 6.54 Å². The highest BCUT2D eigenvalue weighted by molar-refractivity contribution is 5.92. The van der Waals surface area contributed by atoms with Gasteiger partial charge in [0.1, 0.15) is 0 Å². The molecule has 1 aromatic carbocycles. The second-order valence-electron chi connectivity index (χ2n) is 6.38. The van der Waals surface area contributed by atoms with Crippen LogP contribution in [0, 0.1) is 5.92 Å². The summed E-state index contributed by atoms with van der Waals surface area (Å²) >= 11 is 0. The summed E-state index contributed by atoms with van der Waals surface area (Å²) in [6.07, 6.45) is 0. The van der Waals surface area contributed by atoms with E-state index in [0.717, 1.165) is 11.4 Å². The van der Waals surface area contributed by atoms with Crippen molar-refractivity contribution >= 4 is 23.2 Å². The van der Waals surface area contributed by atoms with E-state index in [2.05, 4.69) is 16.0 Å². The summed E-state index contributed by atoms with van der Waals surface area (Å²) in [5.41, 5.74) is 1.27. The molecule has 0 aliphatic carbocycles. The highest BCUT2D eigenvalue weighted by Gasteiger charge is 2.13. The lowest BCUT2D eigenvalue weighted by molar-refractivity contribution is -0.121. The van der Waals surface area contributed by atoms with E-state index in [1.807, 2.05) is 58.9 Å². The first kappa shape index (κ1) is 17.0. The molecule has 0 aliphatic rings. The lowest BCUT2D eigenvalue weighted by atomic mass is 10.1. The van der Waals surface area contributed by atoms with Gasteiger partial charge in [-0.2, -0.15) is 0 Å². The molecule has 0 aromatic heterocycles. The molecule has 0 bridgehead atoms. The van der Waals surface area contributed by atoms with Crippen molar-refractivity contribution in [2.24, 2.45) is 5.92 Å². The van der Waals surface area contributed by atoms with Gasteiger partial charge >= 0.3 is 0 Å².